The molecule has 0 unspecified atom stereocenters. The fourth-order valence-corrected chi connectivity index (χ4v) is 6.31. The van der Waals surface area contributed by atoms with Crippen molar-refractivity contribution in [1.82, 2.24) is 9.13 Å². The van der Waals surface area contributed by atoms with Crippen LogP contribution in [-0.4, -0.2) is 46.6 Å². The molecule has 1 saturated heterocycles. The lowest BCUT2D eigenvalue weighted by atomic mass is 10.1. The molecule has 1 fully saturated rings. The molecule has 212 valence electrons. The van der Waals surface area contributed by atoms with Gasteiger partial charge in [0, 0.05) is 18.8 Å². The van der Waals surface area contributed by atoms with Gasteiger partial charge in [0.1, 0.15) is 16.7 Å². The number of fused-ring (bicyclic) bond motifs is 1. The number of ether oxygens (including phenoxy) is 3. The highest BCUT2D eigenvalue weighted by Gasteiger charge is 2.27. The van der Waals surface area contributed by atoms with Gasteiger partial charge in [-0.05, 0) is 56.5 Å². The Morgan fingerprint density at radius 1 is 1.17 bits per heavy atom. The van der Waals surface area contributed by atoms with Crippen molar-refractivity contribution in [2.75, 3.05) is 20.3 Å². The second-order valence-corrected chi connectivity index (χ2v) is 10.7. The van der Waals surface area contributed by atoms with Gasteiger partial charge < -0.3 is 19.3 Å². The molecule has 0 amide bonds. The third-order valence-electron chi connectivity index (χ3n) is 7.16. The minimum absolute atomic E-state index is 0.0326. The number of aromatic carboxylic acids is 1. The molecule has 3 heterocycles. The zero-order chi connectivity index (χ0) is 29.1. The molecular formula is C31H30N2O7S. The van der Waals surface area contributed by atoms with E-state index in [4.69, 9.17) is 14.2 Å². The number of benzene rings is 2. The van der Waals surface area contributed by atoms with Gasteiger partial charge in [0.15, 0.2) is 0 Å². The normalized spacial score (nSPS) is 14.4. The predicted molar refractivity (Wildman–Crippen MR) is 157 cm³/mol. The molecule has 2 aromatic heterocycles. The molecule has 0 bridgehead atoms. The van der Waals surface area contributed by atoms with Crippen LogP contribution in [0.4, 0.5) is 0 Å². The lowest BCUT2D eigenvalue weighted by molar-refractivity contribution is -0.0752. The van der Waals surface area contributed by atoms with Crippen LogP contribution in [0.2, 0.25) is 0 Å². The van der Waals surface area contributed by atoms with Gasteiger partial charge in [0.25, 0.3) is 5.56 Å². The average Bonchev–Trinajstić information content (AvgIpc) is 3.31. The Balaban J connectivity index is 1.75. The Hall–Kier alpha value is -4.17. The first kappa shape index (κ1) is 28.4. The monoisotopic (exact) mass is 574 g/mol. The van der Waals surface area contributed by atoms with Crippen molar-refractivity contribution >= 4 is 27.5 Å². The molecule has 1 atom stereocenters. The highest BCUT2D eigenvalue weighted by atomic mass is 32.1. The van der Waals surface area contributed by atoms with Crippen molar-refractivity contribution in [2.24, 2.45) is 0 Å². The predicted octanol–water partition coefficient (Wildman–Crippen LogP) is 4.54. The van der Waals surface area contributed by atoms with Crippen LogP contribution in [0.15, 0.2) is 58.1 Å². The molecule has 0 radical (unpaired) electrons. The summed E-state index contributed by atoms with van der Waals surface area (Å²) in [5.41, 5.74) is 0.450. The number of carbonyl (C=O) groups is 1. The maximum Gasteiger partial charge on any atom is 0.336 e. The summed E-state index contributed by atoms with van der Waals surface area (Å²) in [5, 5.41) is 9.92. The Bertz CT molecular complexity index is 1780. The number of nitrogens with zero attached hydrogens (tertiary/aromatic N) is 2. The van der Waals surface area contributed by atoms with E-state index in [1.165, 1.54) is 29.5 Å². The molecule has 41 heavy (non-hydrogen) atoms. The lowest BCUT2D eigenvalue weighted by Crippen LogP contribution is -2.40. The van der Waals surface area contributed by atoms with Crippen molar-refractivity contribution in [2.45, 2.75) is 45.4 Å². The van der Waals surface area contributed by atoms with E-state index < -0.39 is 23.3 Å². The van der Waals surface area contributed by atoms with E-state index in [2.05, 4.69) is 11.8 Å². The molecule has 4 aromatic rings. The number of aromatic nitrogens is 2. The van der Waals surface area contributed by atoms with E-state index >= 15 is 0 Å². The zero-order valence-corrected chi connectivity index (χ0v) is 23.8. The van der Waals surface area contributed by atoms with Gasteiger partial charge in [-0.2, -0.15) is 0 Å². The lowest BCUT2D eigenvalue weighted by Gasteiger charge is -2.29. The smallest absolute Gasteiger partial charge is 0.336 e. The second-order valence-electron chi connectivity index (χ2n) is 9.68. The highest BCUT2D eigenvalue weighted by Crippen LogP contribution is 2.34. The van der Waals surface area contributed by atoms with Gasteiger partial charge in [-0.3, -0.25) is 9.36 Å². The Morgan fingerprint density at radius 2 is 1.93 bits per heavy atom. The average molecular weight is 575 g/mol. The van der Waals surface area contributed by atoms with Crippen molar-refractivity contribution in [3.05, 3.63) is 90.9 Å². The number of para-hydroxylation sites is 1. The van der Waals surface area contributed by atoms with Crippen LogP contribution in [0.1, 0.15) is 52.2 Å². The van der Waals surface area contributed by atoms with Crippen LogP contribution in [0.3, 0.4) is 0 Å². The third-order valence-corrected chi connectivity index (χ3v) is 8.39. The number of hydrogen-bond donors (Lipinski definition) is 1. The van der Waals surface area contributed by atoms with E-state index in [1.807, 2.05) is 31.2 Å². The summed E-state index contributed by atoms with van der Waals surface area (Å²) in [6.45, 7) is 4.78. The quantitative estimate of drug-likeness (QED) is 0.308. The number of carboxylic acids is 1. The number of aryl methyl sites for hydroxylation is 1. The first-order valence-corrected chi connectivity index (χ1v) is 14.1. The van der Waals surface area contributed by atoms with Gasteiger partial charge in [0.05, 0.1) is 41.3 Å². The van der Waals surface area contributed by atoms with Crippen LogP contribution in [0.25, 0.3) is 15.9 Å². The molecule has 2 aromatic carbocycles. The molecule has 10 heteroatoms. The molecular weight excluding hydrogens is 544 g/mol. The van der Waals surface area contributed by atoms with Crippen molar-refractivity contribution in [3.8, 4) is 23.3 Å². The fourth-order valence-electron chi connectivity index (χ4n) is 5.10. The Labute approximate surface area is 240 Å². The van der Waals surface area contributed by atoms with Crippen LogP contribution in [-0.2, 0) is 16.0 Å². The summed E-state index contributed by atoms with van der Waals surface area (Å²) in [5.74, 6) is 5.40. The summed E-state index contributed by atoms with van der Waals surface area (Å²) in [4.78, 5) is 41.0. The summed E-state index contributed by atoms with van der Waals surface area (Å²) in [6.07, 6.45) is 0.751. The number of hydrogen-bond acceptors (Lipinski definition) is 7. The maximum absolute atomic E-state index is 14.2. The first-order valence-electron chi connectivity index (χ1n) is 13.3. The minimum Gasteiger partial charge on any atom is -0.496 e. The maximum atomic E-state index is 14.2. The largest absolute Gasteiger partial charge is 0.496 e. The fraction of sp³-hybridized carbons (Fsp3) is 0.323. The molecule has 9 nitrogen and oxygen atoms in total. The number of thiophene rings is 1. The summed E-state index contributed by atoms with van der Waals surface area (Å²) >= 11 is 1.28. The summed E-state index contributed by atoms with van der Waals surface area (Å²) in [7, 11) is 1.59. The third kappa shape index (κ3) is 5.57. The molecule has 1 aliphatic heterocycles. The first-order chi connectivity index (χ1) is 19.8. The Morgan fingerprint density at radius 3 is 2.63 bits per heavy atom. The SMILES string of the molecule is CC#Cc1sc2c(c1C)c(=O)n(-c1cccc(C(=O)O)c1)c(=O)n2C[C@H](OC1CCOCC1)c1ccccc1OC. The molecule has 1 aliphatic rings. The van der Waals surface area contributed by atoms with Crippen molar-refractivity contribution in [3.63, 3.8) is 0 Å². The van der Waals surface area contributed by atoms with Gasteiger partial charge in [0.2, 0.25) is 0 Å². The van der Waals surface area contributed by atoms with E-state index in [1.54, 1.807) is 24.7 Å². The summed E-state index contributed by atoms with van der Waals surface area (Å²) < 4.78 is 20.4. The van der Waals surface area contributed by atoms with Crippen LogP contribution in [0.5, 0.6) is 5.75 Å². The number of carboxylic acid groups (broad SMARTS) is 1. The summed E-state index contributed by atoms with van der Waals surface area (Å²) in [6, 6.07) is 13.3. The van der Waals surface area contributed by atoms with Crippen molar-refractivity contribution < 1.29 is 24.1 Å². The van der Waals surface area contributed by atoms with E-state index in [0.29, 0.717) is 52.5 Å². The van der Waals surface area contributed by atoms with Gasteiger partial charge in [-0.25, -0.2) is 14.2 Å². The van der Waals surface area contributed by atoms with Crippen molar-refractivity contribution in [1.29, 1.82) is 0 Å². The number of methoxy groups -OCH3 is 1. The van der Waals surface area contributed by atoms with Gasteiger partial charge in [-0.15, -0.1) is 17.3 Å². The van der Waals surface area contributed by atoms with E-state index in [9.17, 15) is 19.5 Å². The van der Waals surface area contributed by atoms with Gasteiger partial charge in [-0.1, -0.05) is 30.2 Å². The molecule has 0 saturated carbocycles. The van der Waals surface area contributed by atoms with E-state index in [-0.39, 0.29) is 23.9 Å². The molecule has 0 aliphatic carbocycles. The van der Waals surface area contributed by atoms with Crippen LogP contribution < -0.4 is 16.0 Å². The highest BCUT2D eigenvalue weighted by molar-refractivity contribution is 7.19. The number of rotatable bonds is 8. The van der Waals surface area contributed by atoms with E-state index in [0.717, 1.165) is 10.1 Å². The Kier molecular flexibility index (Phi) is 8.40. The standard InChI is InChI=1S/C31H30N2O7S/c1-4-8-26-19(2)27-28(34)33(21-10-7-9-20(17-21)30(35)36)31(37)32(29(27)41-26)18-25(40-22-13-15-39-16-14-22)23-11-5-6-12-24(23)38-3/h5-7,9-12,17,22,25H,13-16,18H2,1-3H3,(H,35,36)/t25-/m0/s1. The zero-order valence-electron chi connectivity index (χ0n) is 23.0. The second kappa shape index (κ2) is 12.1. The topological polar surface area (TPSA) is 109 Å². The van der Waals surface area contributed by atoms with Gasteiger partial charge >= 0.3 is 11.7 Å². The molecule has 0 spiro atoms. The van der Waals surface area contributed by atoms with Crippen LogP contribution in [0, 0.1) is 18.8 Å². The molecule has 5 rings (SSSR count). The van der Waals surface area contributed by atoms with Crippen LogP contribution >= 0.6 is 11.3 Å². The minimum atomic E-state index is -1.16. The molecule has 1 N–H and O–H groups in total.